The highest BCUT2D eigenvalue weighted by Crippen LogP contribution is 2.23. The average Bonchev–Trinajstić information content (AvgIpc) is 2.69. The summed E-state index contributed by atoms with van der Waals surface area (Å²) >= 11 is 0. The molecule has 0 fully saturated rings. The van der Waals surface area contributed by atoms with E-state index in [1.165, 1.54) is 0 Å². The van der Waals surface area contributed by atoms with E-state index in [1.807, 2.05) is 31.2 Å². The van der Waals surface area contributed by atoms with Crippen molar-refractivity contribution < 1.29 is 14.3 Å². The van der Waals surface area contributed by atoms with E-state index >= 15 is 0 Å². The van der Waals surface area contributed by atoms with Gasteiger partial charge in [-0.15, -0.1) is 0 Å². The van der Waals surface area contributed by atoms with Gasteiger partial charge in [-0.1, -0.05) is 32.4 Å². The van der Waals surface area contributed by atoms with Crippen molar-refractivity contribution in [2.24, 2.45) is 0 Å². The first kappa shape index (κ1) is 21.3. The van der Waals surface area contributed by atoms with E-state index in [0.717, 1.165) is 30.7 Å². The van der Waals surface area contributed by atoms with Crippen molar-refractivity contribution in [3.05, 3.63) is 48.5 Å². The smallest absolute Gasteiger partial charge is 0.243 e. The van der Waals surface area contributed by atoms with Crippen LogP contribution < -0.4 is 20.7 Å². The molecule has 0 bridgehead atoms. The van der Waals surface area contributed by atoms with Gasteiger partial charge in [-0.3, -0.25) is 9.59 Å². The molecule has 0 aliphatic rings. The molecule has 0 aliphatic carbocycles. The van der Waals surface area contributed by atoms with Gasteiger partial charge in [0.15, 0.2) is 0 Å². The van der Waals surface area contributed by atoms with E-state index < -0.39 is 0 Å². The standard InChI is InChI=1S/C22H29N3O3/c1-3-5-15-28-20-10-7-6-9-19(20)23-16-22(27)25-18-13-11-17(12-14-18)24-21(26)8-4-2/h6-7,9-14,23H,3-5,8,15-16H2,1-2H3,(H,24,26)(H,25,27). The minimum absolute atomic E-state index is 0.0108. The summed E-state index contributed by atoms with van der Waals surface area (Å²) in [6.45, 7) is 4.86. The maximum Gasteiger partial charge on any atom is 0.243 e. The number of carbonyl (C=O) groups is 2. The second-order valence-electron chi connectivity index (χ2n) is 6.48. The van der Waals surface area contributed by atoms with Crippen LogP contribution >= 0.6 is 0 Å². The summed E-state index contributed by atoms with van der Waals surface area (Å²) in [4.78, 5) is 23.8. The van der Waals surface area contributed by atoms with Crippen molar-refractivity contribution >= 4 is 28.9 Å². The molecular formula is C22H29N3O3. The summed E-state index contributed by atoms with van der Waals surface area (Å²) in [5.74, 6) is 0.574. The molecule has 2 amide bonds. The summed E-state index contributed by atoms with van der Waals surface area (Å²) in [5, 5.41) is 8.77. The van der Waals surface area contributed by atoms with Gasteiger partial charge in [0.05, 0.1) is 18.8 Å². The van der Waals surface area contributed by atoms with Gasteiger partial charge in [-0.25, -0.2) is 0 Å². The maximum atomic E-state index is 12.2. The van der Waals surface area contributed by atoms with Gasteiger partial charge >= 0.3 is 0 Å². The van der Waals surface area contributed by atoms with Crippen LogP contribution in [0.4, 0.5) is 17.1 Å². The van der Waals surface area contributed by atoms with Crippen LogP contribution in [0.1, 0.15) is 39.5 Å². The molecule has 6 heteroatoms. The third-order valence-electron chi connectivity index (χ3n) is 4.01. The lowest BCUT2D eigenvalue weighted by molar-refractivity contribution is -0.116. The average molecular weight is 383 g/mol. The van der Waals surface area contributed by atoms with Crippen LogP contribution in [0.5, 0.6) is 5.75 Å². The molecule has 0 spiro atoms. The van der Waals surface area contributed by atoms with Crippen LogP contribution in [-0.4, -0.2) is 25.0 Å². The fourth-order valence-corrected chi connectivity index (χ4v) is 2.53. The Morgan fingerprint density at radius 2 is 1.50 bits per heavy atom. The van der Waals surface area contributed by atoms with Gasteiger partial charge < -0.3 is 20.7 Å². The Labute approximate surface area is 166 Å². The first-order valence-corrected chi connectivity index (χ1v) is 9.77. The molecule has 0 aliphatic heterocycles. The molecule has 3 N–H and O–H groups in total. The van der Waals surface area contributed by atoms with Crippen LogP contribution in [0.15, 0.2) is 48.5 Å². The van der Waals surface area contributed by atoms with Crippen molar-refractivity contribution in [1.29, 1.82) is 0 Å². The fourth-order valence-electron chi connectivity index (χ4n) is 2.53. The molecule has 0 saturated carbocycles. The maximum absolute atomic E-state index is 12.2. The number of amides is 2. The van der Waals surface area contributed by atoms with Crippen LogP contribution in [-0.2, 0) is 9.59 Å². The van der Waals surface area contributed by atoms with Crippen LogP contribution in [0.3, 0.4) is 0 Å². The molecule has 0 atom stereocenters. The Morgan fingerprint density at radius 3 is 2.14 bits per heavy atom. The van der Waals surface area contributed by atoms with Crippen molar-refractivity contribution in [3.63, 3.8) is 0 Å². The molecule has 2 aromatic carbocycles. The molecular weight excluding hydrogens is 354 g/mol. The highest BCUT2D eigenvalue weighted by atomic mass is 16.5. The third-order valence-corrected chi connectivity index (χ3v) is 4.01. The highest BCUT2D eigenvalue weighted by Gasteiger charge is 2.07. The number of unbranched alkanes of at least 4 members (excludes halogenated alkanes) is 1. The van der Waals surface area contributed by atoms with E-state index in [4.69, 9.17) is 4.74 Å². The number of benzene rings is 2. The van der Waals surface area contributed by atoms with Gasteiger partial charge in [-0.05, 0) is 49.2 Å². The molecule has 0 radical (unpaired) electrons. The molecule has 0 heterocycles. The van der Waals surface area contributed by atoms with Crippen molar-refractivity contribution in [2.45, 2.75) is 39.5 Å². The van der Waals surface area contributed by atoms with Gasteiger partial charge in [0, 0.05) is 17.8 Å². The number of para-hydroxylation sites is 2. The largest absolute Gasteiger partial charge is 0.491 e. The number of rotatable bonds is 11. The lowest BCUT2D eigenvalue weighted by Crippen LogP contribution is -2.22. The zero-order valence-corrected chi connectivity index (χ0v) is 16.6. The first-order chi connectivity index (χ1) is 13.6. The molecule has 2 aromatic rings. The third kappa shape index (κ3) is 7.31. The monoisotopic (exact) mass is 383 g/mol. The van der Waals surface area contributed by atoms with Gasteiger partial charge in [0.2, 0.25) is 11.8 Å². The lowest BCUT2D eigenvalue weighted by Gasteiger charge is -2.13. The predicted molar refractivity (Wildman–Crippen MR) is 114 cm³/mol. The number of anilines is 3. The van der Waals surface area contributed by atoms with Gasteiger partial charge in [-0.2, -0.15) is 0 Å². The van der Waals surface area contributed by atoms with Gasteiger partial charge in [0.1, 0.15) is 5.75 Å². The fraction of sp³-hybridized carbons (Fsp3) is 0.364. The van der Waals surface area contributed by atoms with E-state index in [9.17, 15) is 9.59 Å². The minimum atomic E-state index is -0.161. The van der Waals surface area contributed by atoms with Crippen LogP contribution in [0, 0.1) is 0 Å². The van der Waals surface area contributed by atoms with Crippen LogP contribution in [0.25, 0.3) is 0 Å². The molecule has 0 unspecified atom stereocenters. The van der Waals surface area contributed by atoms with E-state index in [-0.39, 0.29) is 18.4 Å². The Morgan fingerprint density at radius 1 is 0.857 bits per heavy atom. The molecule has 0 aromatic heterocycles. The second kappa shape index (κ2) is 11.6. The molecule has 0 saturated heterocycles. The molecule has 2 rings (SSSR count). The Hall–Kier alpha value is -3.02. The highest BCUT2D eigenvalue weighted by molar-refractivity contribution is 5.95. The zero-order valence-electron chi connectivity index (χ0n) is 16.6. The summed E-state index contributed by atoms with van der Waals surface area (Å²) in [7, 11) is 0. The SMILES string of the molecule is CCCCOc1ccccc1NCC(=O)Nc1ccc(NC(=O)CCC)cc1. The van der Waals surface area contributed by atoms with Crippen molar-refractivity contribution in [2.75, 3.05) is 29.1 Å². The van der Waals surface area contributed by atoms with E-state index in [1.54, 1.807) is 24.3 Å². The number of nitrogens with one attached hydrogen (secondary N) is 3. The minimum Gasteiger partial charge on any atom is -0.491 e. The molecule has 6 nitrogen and oxygen atoms in total. The van der Waals surface area contributed by atoms with E-state index in [2.05, 4.69) is 22.9 Å². The predicted octanol–water partition coefficient (Wildman–Crippen LogP) is 4.65. The number of carbonyl (C=O) groups excluding carboxylic acids is 2. The lowest BCUT2D eigenvalue weighted by atomic mass is 10.2. The van der Waals surface area contributed by atoms with E-state index in [0.29, 0.717) is 24.4 Å². The van der Waals surface area contributed by atoms with Crippen molar-refractivity contribution in [1.82, 2.24) is 0 Å². The zero-order chi connectivity index (χ0) is 20.2. The summed E-state index contributed by atoms with van der Waals surface area (Å²) in [5.41, 5.74) is 2.18. The van der Waals surface area contributed by atoms with Gasteiger partial charge in [0.25, 0.3) is 0 Å². The Kier molecular flexibility index (Phi) is 8.85. The Bertz CT molecular complexity index is 760. The normalized spacial score (nSPS) is 10.2. The first-order valence-electron chi connectivity index (χ1n) is 9.77. The molecule has 28 heavy (non-hydrogen) atoms. The van der Waals surface area contributed by atoms with Crippen LogP contribution in [0.2, 0.25) is 0 Å². The number of hydrogen-bond acceptors (Lipinski definition) is 4. The summed E-state index contributed by atoms with van der Waals surface area (Å²) < 4.78 is 5.76. The topological polar surface area (TPSA) is 79.5 Å². The summed E-state index contributed by atoms with van der Waals surface area (Å²) in [6.07, 6.45) is 3.36. The summed E-state index contributed by atoms with van der Waals surface area (Å²) in [6, 6.07) is 14.7. The second-order valence-corrected chi connectivity index (χ2v) is 6.48. The Balaban J connectivity index is 1.83. The number of ether oxygens (including phenoxy) is 1. The molecule has 150 valence electrons. The quantitative estimate of drug-likeness (QED) is 0.493. The number of hydrogen-bond donors (Lipinski definition) is 3. The van der Waals surface area contributed by atoms with Crippen molar-refractivity contribution in [3.8, 4) is 5.75 Å².